The van der Waals surface area contributed by atoms with Crippen molar-refractivity contribution in [2.75, 3.05) is 0 Å². The molecule has 0 atom stereocenters. The van der Waals surface area contributed by atoms with E-state index in [2.05, 4.69) is 36.3 Å². The van der Waals surface area contributed by atoms with E-state index in [0.717, 1.165) is 17.8 Å². The molecular formula is C14H20N2. The van der Waals surface area contributed by atoms with Crippen molar-refractivity contribution >= 4 is 0 Å². The smallest absolute Gasteiger partial charge is 0.0648 e. The van der Waals surface area contributed by atoms with E-state index >= 15 is 0 Å². The van der Waals surface area contributed by atoms with E-state index in [0.29, 0.717) is 0 Å². The molecule has 1 aromatic carbocycles. The average molecular weight is 216 g/mol. The molecule has 2 aromatic rings. The summed E-state index contributed by atoms with van der Waals surface area (Å²) in [6.45, 7) is 8.16. The van der Waals surface area contributed by atoms with Crippen molar-refractivity contribution in [1.82, 2.24) is 9.78 Å². The van der Waals surface area contributed by atoms with Gasteiger partial charge in [0.05, 0.1) is 11.4 Å². The monoisotopic (exact) mass is 216 g/mol. The molecule has 1 aromatic heterocycles. The van der Waals surface area contributed by atoms with Crippen LogP contribution >= 0.6 is 0 Å². The number of aromatic nitrogens is 2. The van der Waals surface area contributed by atoms with Gasteiger partial charge in [-0.25, -0.2) is 4.68 Å². The Kier molecular flexibility index (Phi) is 4.77. The molecule has 2 heteroatoms. The van der Waals surface area contributed by atoms with Crippen molar-refractivity contribution in [1.29, 1.82) is 0 Å². The van der Waals surface area contributed by atoms with E-state index in [9.17, 15) is 0 Å². The third-order valence-corrected chi connectivity index (χ3v) is 2.31. The van der Waals surface area contributed by atoms with Crippen LogP contribution in [-0.2, 0) is 6.42 Å². The van der Waals surface area contributed by atoms with Gasteiger partial charge in [0, 0.05) is 6.20 Å². The predicted molar refractivity (Wildman–Crippen MR) is 69.0 cm³/mol. The fourth-order valence-corrected chi connectivity index (χ4v) is 1.48. The quantitative estimate of drug-likeness (QED) is 0.747. The molecule has 2 nitrogen and oxygen atoms in total. The van der Waals surface area contributed by atoms with E-state index in [1.54, 1.807) is 0 Å². The number of hydrogen-bond acceptors (Lipinski definition) is 1. The molecule has 0 bridgehead atoms. The molecule has 0 amide bonds. The molecule has 86 valence electrons. The predicted octanol–water partition coefficient (Wildman–Crippen LogP) is 3.77. The van der Waals surface area contributed by atoms with Crippen molar-refractivity contribution in [3.63, 3.8) is 0 Å². The summed E-state index contributed by atoms with van der Waals surface area (Å²) >= 11 is 0. The molecule has 0 aliphatic heterocycles. The average Bonchev–Trinajstić information content (AvgIpc) is 2.79. The molecule has 0 saturated carbocycles. The molecule has 0 saturated heterocycles. The van der Waals surface area contributed by atoms with Gasteiger partial charge in [0.25, 0.3) is 0 Å². The Morgan fingerprint density at radius 3 is 2.50 bits per heavy atom. The molecule has 0 unspecified atom stereocenters. The topological polar surface area (TPSA) is 17.8 Å². The number of nitrogens with zero attached hydrogens (tertiary/aromatic N) is 2. The van der Waals surface area contributed by atoms with Crippen LogP contribution in [0.15, 0.2) is 36.5 Å². The Morgan fingerprint density at radius 1 is 1.19 bits per heavy atom. The number of hydrogen-bond donors (Lipinski definition) is 0. The summed E-state index contributed by atoms with van der Waals surface area (Å²) in [5, 5.41) is 4.37. The normalized spacial score (nSPS) is 9.50. The molecule has 0 aliphatic rings. The molecule has 1 heterocycles. The van der Waals surface area contributed by atoms with Crippen molar-refractivity contribution < 1.29 is 0 Å². The highest BCUT2D eigenvalue weighted by Gasteiger charge is 1.98. The van der Waals surface area contributed by atoms with Gasteiger partial charge in [-0.15, -0.1) is 0 Å². The standard InChI is InChI=1S/C12H14N2.C2H6/c1-3-11-5-4-6-12(9-11)14-8-7-10(2)13-14;1-2/h4-9H,3H2,1-2H3;1-2H3. The van der Waals surface area contributed by atoms with Crippen LogP contribution in [0, 0.1) is 6.92 Å². The molecule has 2 rings (SSSR count). The maximum absolute atomic E-state index is 4.37. The maximum atomic E-state index is 4.37. The van der Waals surface area contributed by atoms with Crippen LogP contribution in [0.5, 0.6) is 0 Å². The van der Waals surface area contributed by atoms with E-state index in [4.69, 9.17) is 0 Å². The number of benzene rings is 1. The highest BCUT2D eigenvalue weighted by Crippen LogP contribution is 2.10. The van der Waals surface area contributed by atoms with Gasteiger partial charge in [-0.3, -0.25) is 0 Å². The van der Waals surface area contributed by atoms with Crippen LogP contribution in [-0.4, -0.2) is 9.78 Å². The van der Waals surface area contributed by atoms with Gasteiger partial charge < -0.3 is 0 Å². The van der Waals surface area contributed by atoms with E-state index in [1.165, 1.54) is 5.56 Å². The first-order chi connectivity index (χ1) is 7.79. The summed E-state index contributed by atoms with van der Waals surface area (Å²) in [4.78, 5) is 0. The largest absolute Gasteiger partial charge is 0.241 e. The van der Waals surface area contributed by atoms with Gasteiger partial charge in [0.1, 0.15) is 0 Å². The highest BCUT2D eigenvalue weighted by atomic mass is 15.3. The zero-order valence-electron chi connectivity index (χ0n) is 10.6. The SMILES string of the molecule is CC.CCc1cccc(-n2ccc(C)n2)c1. The zero-order valence-corrected chi connectivity index (χ0v) is 10.6. The molecule has 0 fully saturated rings. The Labute approximate surface area is 97.9 Å². The van der Waals surface area contributed by atoms with Crippen molar-refractivity contribution in [2.24, 2.45) is 0 Å². The lowest BCUT2D eigenvalue weighted by Gasteiger charge is -2.03. The second-order valence-corrected chi connectivity index (χ2v) is 3.43. The summed E-state index contributed by atoms with van der Waals surface area (Å²) in [6.07, 6.45) is 3.05. The first-order valence-electron chi connectivity index (χ1n) is 5.91. The molecule has 0 N–H and O–H groups in total. The van der Waals surface area contributed by atoms with Gasteiger partial charge >= 0.3 is 0 Å². The Bertz CT molecular complexity index is 430. The van der Waals surface area contributed by atoms with Crippen LogP contribution in [0.1, 0.15) is 32.0 Å². The first kappa shape index (κ1) is 12.5. The summed E-state index contributed by atoms with van der Waals surface area (Å²) < 4.78 is 1.91. The summed E-state index contributed by atoms with van der Waals surface area (Å²) in [5.74, 6) is 0. The van der Waals surface area contributed by atoms with Gasteiger partial charge in [0.15, 0.2) is 0 Å². The molecule has 16 heavy (non-hydrogen) atoms. The Morgan fingerprint density at radius 2 is 1.94 bits per heavy atom. The summed E-state index contributed by atoms with van der Waals surface area (Å²) in [7, 11) is 0. The fourth-order valence-electron chi connectivity index (χ4n) is 1.48. The van der Waals surface area contributed by atoms with Crippen LogP contribution in [0.2, 0.25) is 0 Å². The maximum Gasteiger partial charge on any atom is 0.0648 e. The van der Waals surface area contributed by atoms with E-state index in [1.807, 2.05) is 37.7 Å². The molecular weight excluding hydrogens is 196 g/mol. The van der Waals surface area contributed by atoms with Gasteiger partial charge in [-0.2, -0.15) is 5.10 Å². The Balaban J connectivity index is 0.000000606. The molecule has 0 aliphatic carbocycles. The second kappa shape index (κ2) is 6.11. The minimum atomic E-state index is 1.05. The number of rotatable bonds is 2. The van der Waals surface area contributed by atoms with Crippen molar-refractivity contribution in [3.05, 3.63) is 47.8 Å². The Hall–Kier alpha value is -1.57. The first-order valence-corrected chi connectivity index (χ1v) is 5.91. The van der Waals surface area contributed by atoms with Crippen LogP contribution in [0.3, 0.4) is 0 Å². The second-order valence-electron chi connectivity index (χ2n) is 3.43. The van der Waals surface area contributed by atoms with Crippen LogP contribution < -0.4 is 0 Å². The minimum Gasteiger partial charge on any atom is -0.241 e. The fraction of sp³-hybridized carbons (Fsp3) is 0.357. The van der Waals surface area contributed by atoms with E-state index < -0.39 is 0 Å². The highest BCUT2D eigenvalue weighted by molar-refractivity contribution is 5.35. The zero-order chi connectivity index (χ0) is 12.0. The lowest BCUT2D eigenvalue weighted by Crippen LogP contribution is -1.95. The third-order valence-electron chi connectivity index (χ3n) is 2.31. The van der Waals surface area contributed by atoms with Crippen LogP contribution in [0.4, 0.5) is 0 Å². The lowest BCUT2D eigenvalue weighted by atomic mass is 10.1. The summed E-state index contributed by atoms with van der Waals surface area (Å²) in [6, 6.07) is 10.5. The number of aryl methyl sites for hydroxylation is 2. The van der Waals surface area contributed by atoms with Crippen molar-refractivity contribution in [2.45, 2.75) is 34.1 Å². The molecule has 0 radical (unpaired) electrons. The van der Waals surface area contributed by atoms with Gasteiger partial charge in [0.2, 0.25) is 0 Å². The third kappa shape index (κ3) is 2.96. The van der Waals surface area contributed by atoms with Gasteiger partial charge in [-0.1, -0.05) is 32.9 Å². The lowest BCUT2D eigenvalue weighted by molar-refractivity contribution is 0.860. The van der Waals surface area contributed by atoms with Gasteiger partial charge in [-0.05, 0) is 37.1 Å². The van der Waals surface area contributed by atoms with E-state index in [-0.39, 0.29) is 0 Å². The molecule has 0 spiro atoms. The van der Waals surface area contributed by atoms with Crippen LogP contribution in [0.25, 0.3) is 5.69 Å². The minimum absolute atomic E-state index is 1.05. The summed E-state index contributed by atoms with van der Waals surface area (Å²) in [5.41, 5.74) is 3.53. The van der Waals surface area contributed by atoms with Crippen molar-refractivity contribution in [3.8, 4) is 5.69 Å².